The first-order valence-corrected chi connectivity index (χ1v) is 8.94. The molecule has 8 heteroatoms. The molecule has 0 spiro atoms. The van der Waals surface area contributed by atoms with Crippen molar-refractivity contribution in [1.29, 1.82) is 0 Å². The van der Waals surface area contributed by atoms with Crippen LogP contribution in [0, 0.1) is 0 Å². The zero-order valence-corrected chi connectivity index (χ0v) is 16.1. The highest BCUT2D eigenvalue weighted by molar-refractivity contribution is 6.31. The maximum absolute atomic E-state index is 12.9. The zero-order valence-electron chi connectivity index (χ0n) is 15.3. The molecule has 0 bridgehead atoms. The quantitative estimate of drug-likeness (QED) is 0.633. The standard InChI is InChI=1S/C20H19ClN4O3/c1-11-17(19(27)24-16-5-3-4-14(21)10-16)18(25-20(28)22-11)13-6-8-15(9-7-13)23-12(2)26/h3-10,18H,1-2H3,(H,23,26)(H,24,27)(H2,22,25,28). The van der Waals surface area contributed by atoms with Crippen molar-refractivity contribution >= 4 is 40.8 Å². The van der Waals surface area contributed by atoms with E-state index in [1.54, 1.807) is 55.5 Å². The van der Waals surface area contributed by atoms with E-state index in [0.29, 0.717) is 33.2 Å². The second-order valence-corrected chi connectivity index (χ2v) is 6.77. The Morgan fingerprint density at radius 2 is 1.75 bits per heavy atom. The first kappa shape index (κ1) is 19.4. The van der Waals surface area contributed by atoms with E-state index in [-0.39, 0.29) is 11.8 Å². The minimum atomic E-state index is -0.640. The van der Waals surface area contributed by atoms with Crippen LogP contribution >= 0.6 is 11.6 Å². The van der Waals surface area contributed by atoms with Crippen molar-refractivity contribution in [2.24, 2.45) is 0 Å². The molecule has 1 aliphatic heterocycles. The van der Waals surface area contributed by atoms with Gasteiger partial charge in [0.05, 0.1) is 11.6 Å². The van der Waals surface area contributed by atoms with Crippen LogP contribution in [0.15, 0.2) is 59.8 Å². The van der Waals surface area contributed by atoms with E-state index < -0.39 is 12.1 Å². The molecular formula is C20H19ClN4O3. The molecule has 0 saturated carbocycles. The fraction of sp³-hybridized carbons (Fsp3) is 0.150. The molecule has 0 aliphatic carbocycles. The van der Waals surface area contributed by atoms with Crippen LogP contribution in [-0.4, -0.2) is 17.8 Å². The van der Waals surface area contributed by atoms with Crippen LogP contribution < -0.4 is 21.3 Å². The van der Waals surface area contributed by atoms with Gasteiger partial charge in [-0.05, 0) is 42.8 Å². The highest BCUT2D eigenvalue weighted by atomic mass is 35.5. The molecule has 0 radical (unpaired) electrons. The summed E-state index contributed by atoms with van der Waals surface area (Å²) in [4.78, 5) is 36.1. The molecule has 1 heterocycles. The summed E-state index contributed by atoms with van der Waals surface area (Å²) in [6, 6.07) is 12.7. The summed E-state index contributed by atoms with van der Waals surface area (Å²) < 4.78 is 0. The molecule has 4 amide bonds. The smallest absolute Gasteiger partial charge is 0.319 e. The van der Waals surface area contributed by atoms with E-state index in [1.165, 1.54) is 6.92 Å². The van der Waals surface area contributed by atoms with Gasteiger partial charge in [-0.25, -0.2) is 4.79 Å². The predicted octanol–water partition coefficient (Wildman–Crippen LogP) is 3.57. The molecule has 28 heavy (non-hydrogen) atoms. The fourth-order valence-corrected chi connectivity index (χ4v) is 3.16. The topological polar surface area (TPSA) is 99.3 Å². The predicted molar refractivity (Wildman–Crippen MR) is 108 cm³/mol. The molecule has 7 nitrogen and oxygen atoms in total. The van der Waals surface area contributed by atoms with Crippen molar-refractivity contribution in [2.75, 3.05) is 10.6 Å². The maximum atomic E-state index is 12.9. The molecule has 1 unspecified atom stereocenters. The molecule has 1 aliphatic rings. The Labute approximate surface area is 167 Å². The van der Waals surface area contributed by atoms with Gasteiger partial charge < -0.3 is 21.3 Å². The van der Waals surface area contributed by atoms with Gasteiger partial charge in [-0.15, -0.1) is 0 Å². The van der Waals surface area contributed by atoms with E-state index in [2.05, 4.69) is 21.3 Å². The third-order valence-corrected chi connectivity index (χ3v) is 4.40. The van der Waals surface area contributed by atoms with Crippen LogP contribution in [0.25, 0.3) is 0 Å². The molecule has 2 aromatic rings. The average Bonchev–Trinajstić information content (AvgIpc) is 2.61. The Bertz CT molecular complexity index is 970. The highest BCUT2D eigenvalue weighted by Crippen LogP contribution is 2.29. The number of hydrogen-bond donors (Lipinski definition) is 4. The summed E-state index contributed by atoms with van der Waals surface area (Å²) in [6.45, 7) is 3.09. The van der Waals surface area contributed by atoms with Crippen LogP contribution in [-0.2, 0) is 9.59 Å². The Morgan fingerprint density at radius 1 is 1.04 bits per heavy atom. The van der Waals surface area contributed by atoms with Crippen molar-refractivity contribution in [3.05, 3.63) is 70.4 Å². The first-order chi connectivity index (χ1) is 13.3. The van der Waals surface area contributed by atoms with Crippen molar-refractivity contribution < 1.29 is 14.4 Å². The Kier molecular flexibility index (Phi) is 5.65. The molecule has 1 atom stereocenters. The van der Waals surface area contributed by atoms with Crippen LogP contribution in [0.5, 0.6) is 0 Å². The number of nitrogens with one attached hydrogen (secondary N) is 4. The van der Waals surface area contributed by atoms with Crippen LogP contribution in [0.3, 0.4) is 0 Å². The minimum Gasteiger partial charge on any atom is -0.327 e. The van der Waals surface area contributed by atoms with Crippen LogP contribution in [0.4, 0.5) is 16.2 Å². The van der Waals surface area contributed by atoms with Crippen LogP contribution in [0.2, 0.25) is 5.02 Å². The van der Waals surface area contributed by atoms with Crippen molar-refractivity contribution in [3.63, 3.8) is 0 Å². The van der Waals surface area contributed by atoms with Gasteiger partial charge in [0, 0.05) is 29.0 Å². The molecule has 2 aromatic carbocycles. The van der Waals surface area contributed by atoms with Gasteiger partial charge in [0.1, 0.15) is 0 Å². The number of urea groups is 1. The van der Waals surface area contributed by atoms with Gasteiger partial charge in [0.2, 0.25) is 5.91 Å². The number of allylic oxidation sites excluding steroid dienone is 1. The summed E-state index contributed by atoms with van der Waals surface area (Å²) in [7, 11) is 0. The lowest BCUT2D eigenvalue weighted by Crippen LogP contribution is -2.45. The number of anilines is 2. The zero-order chi connectivity index (χ0) is 20.3. The third-order valence-electron chi connectivity index (χ3n) is 4.16. The first-order valence-electron chi connectivity index (χ1n) is 8.56. The van der Waals surface area contributed by atoms with E-state index >= 15 is 0 Å². The van der Waals surface area contributed by atoms with E-state index in [4.69, 9.17) is 11.6 Å². The average molecular weight is 399 g/mol. The SMILES string of the molecule is CC(=O)Nc1ccc(C2NC(=O)NC(C)=C2C(=O)Nc2cccc(Cl)c2)cc1. The minimum absolute atomic E-state index is 0.180. The van der Waals surface area contributed by atoms with Gasteiger partial charge in [0.25, 0.3) is 5.91 Å². The number of rotatable bonds is 4. The van der Waals surface area contributed by atoms with Crippen molar-refractivity contribution in [2.45, 2.75) is 19.9 Å². The summed E-state index contributed by atoms with van der Waals surface area (Å²) in [5.74, 6) is -0.538. The summed E-state index contributed by atoms with van der Waals surface area (Å²) in [5, 5.41) is 11.4. The number of benzene rings is 2. The Hall–Kier alpha value is -3.32. The lowest BCUT2D eigenvalue weighted by Gasteiger charge is -2.28. The molecule has 0 aromatic heterocycles. The number of carbonyl (C=O) groups excluding carboxylic acids is 3. The van der Waals surface area contributed by atoms with Crippen LogP contribution in [0.1, 0.15) is 25.5 Å². The Balaban J connectivity index is 1.90. The van der Waals surface area contributed by atoms with Gasteiger partial charge in [-0.2, -0.15) is 0 Å². The fourth-order valence-electron chi connectivity index (χ4n) is 2.97. The molecular weight excluding hydrogens is 380 g/mol. The third kappa shape index (κ3) is 4.50. The number of halogens is 1. The molecule has 0 saturated heterocycles. The van der Waals surface area contributed by atoms with E-state index in [1.807, 2.05) is 0 Å². The highest BCUT2D eigenvalue weighted by Gasteiger charge is 2.31. The second-order valence-electron chi connectivity index (χ2n) is 6.34. The maximum Gasteiger partial charge on any atom is 0.319 e. The molecule has 3 rings (SSSR count). The van der Waals surface area contributed by atoms with Crippen molar-refractivity contribution in [3.8, 4) is 0 Å². The van der Waals surface area contributed by atoms with E-state index in [0.717, 1.165) is 0 Å². The van der Waals surface area contributed by atoms with Gasteiger partial charge in [0.15, 0.2) is 0 Å². The molecule has 144 valence electrons. The molecule has 4 N–H and O–H groups in total. The summed E-state index contributed by atoms with van der Waals surface area (Å²) in [6.07, 6.45) is 0. The van der Waals surface area contributed by atoms with Gasteiger partial charge in [-0.3, -0.25) is 9.59 Å². The number of amides is 4. The second kappa shape index (κ2) is 8.14. The summed E-state index contributed by atoms with van der Waals surface area (Å²) in [5.41, 5.74) is 2.72. The van der Waals surface area contributed by atoms with Gasteiger partial charge in [-0.1, -0.05) is 29.8 Å². The number of carbonyl (C=O) groups is 3. The van der Waals surface area contributed by atoms with E-state index in [9.17, 15) is 14.4 Å². The Morgan fingerprint density at radius 3 is 2.39 bits per heavy atom. The van der Waals surface area contributed by atoms with Gasteiger partial charge >= 0.3 is 6.03 Å². The summed E-state index contributed by atoms with van der Waals surface area (Å²) >= 11 is 5.97. The van der Waals surface area contributed by atoms with Crippen molar-refractivity contribution in [1.82, 2.24) is 10.6 Å². The molecule has 0 fully saturated rings. The largest absolute Gasteiger partial charge is 0.327 e. The lowest BCUT2D eigenvalue weighted by molar-refractivity contribution is -0.114. The lowest BCUT2D eigenvalue weighted by atomic mass is 9.94. The normalized spacial score (nSPS) is 16.1. The number of hydrogen-bond acceptors (Lipinski definition) is 3. The monoisotopic (exact) mass is 398 g/mol.